The molecular formula is C16H25F2N3. The first-order valence-electron chi connectivity index (χ1n) is 7.90. The zero-order chi connectivity index (χ0) is 15.5. The van der Waals surface area contributed by atoms with Crippen LogP contribution >= 0.6 is 0 Å². The molecule has 0 bridgehead atoms. The Kier molecular flexibility index (Phi) is 5.01. The van der Waals surface area contributed by atoms with E-state index in [0.717, 1.165) is 44.8 Å². The van der Waals surface area contributed by atoms with E-state index in [9.17, 15) is 8.78 Å². The molecule has 1 fully saturated rings. The van der Waals surface area contributed by atoms with Gasteiger partial charge < -0.3 is 10.2 Å². The third kappa shape index (κ3) is 3.27. The summed E-state index contributed by atoms with van der Waals surface area (Å²) in [6.45, 7) is 8.55. The van der Waals surface area contributed by atoms with Crippen molar-refractivity contribution in [2.24, 2.45) is 5.41 Å². The highest BCUT2D eigenvalue weighted by molar-refractivity contribution is 5.50. The van der Waals surface area contributed by atoms with Gasteiger partial charge in [-0.1, -0.05) is 20.8 Å². The van der Waals surface area contributed by atoms with Crippen LogP contribution in [0.5, 0.6) is 0 Å². The molecule has 1 aromatic heterocycles. The monoisotopic (exact) mass is 297 g/mol. The SMILES string of the molecule is CCCNc1nc(N2CCC(CC)(CC)C2)c(F)cc1F. The maximum Gasteiger partial charge on any atom is 0.168 e. The van der Waals surface area contributed by atoms with Crippen molar-refractivity contribution in [3.05, 3.63) is 17.7 Å². The summed E-state index contributed by atoms with van der Waals surface area (Å²) in [5.74, 6) is -0.767. The zero-order valence-corrected chi connectivity index (χ0v) is 13.2. The number of halogens is 2. The van der Waals surface area contributed by atoms with Gasteiger partial charge in [-0.05, 0) is 31.1 Å². The van der Waals surface area contributed by atoms with Crippen molar-refractivity contribution >= 4 is 11.6 Å². The number of hydrogen-bond acceptors (Lipinski definition) is 3. The van der Waals surface area contributed by atoms with E-state index in [2.05, 4.69) is 24.1 Å². The highest BCUT2D eigenvalue weighted by Crippen LogP contribution is 2.39. The van der Waals surface area contributed by atoms with Crippen LogP contribution < -0.4 is 10.2 Å². The van der Waals surface area contributed by atoms with Crippen LogP contribution in [-0.4, -0.2) is 24.6 Å². The van der Waals surface area contributed by atoms with E-state index in [1.165, 1.54) is 0 Å². The maximum absolute atomic E-state index is 14.1. The largest absolute Gasteiger partial charge is 0.368 e. The molecule has 21 heavy (non-hydrogen) atoms. The van der Waals surface area contributed by atoms with Gasteiger partial charge in [-0.15, -0.1) is 0 Å². The Morgan fingerprint density at radius 1 is 1.24 bits per heavy atom. The van der Waals surface area contributed by atoms with E-state index in [4.69, 9.17) is 0 Å². The van der Waals surface area contributed by atoms with E-state index in [-0.39, 0.29) is 17.1 Å². The van der Waals surface area contributed by atoms with Gasteiger partial charge in [0.15, 0.2) is 23.3 Å². The van der Waals surface area contributed by atoms with Crippen LogP contribution in [0, 0.1) is 17.0 Å². The van der Waals surface area contributed by atoms with Gasteiger partial charge in [0.2, 0.25) is 0 Å². The molecule has 0 atom stereocenters. The quantitative estimate of drug-likeness (QED) is 0.853. The van der Waals surface area contributed by atoms with Crippen molar-refractivity contribution in [1.29, 1.82) is 0 Å². The Labute approximate surface area is 125 Å². The van der Waals surface area contributed by atoms with Crippen LogP contribution in [0.3, 0.4) is 0 Å². The minimum absolute atomic E-state index is 0.152. The molecule has 0 saturated carbocycles. The molecule has 0 spiro atoms. The number of aromatic nitrogens is 1. The summed E-state index contributed by atoms with van der Waals surface area (Å²) >= 11 is 0. The highest BCUT2D eigenvalue weighted by atomic mass is 19.1. The fraction of sp³-hybridized carbons (Fsp3) is 0.688. The van der Waals surface area contributed by atoms with Gasteiger partial charge in [-0.3, -0.25) is 0 Å². The Hall–Kier alpha value is -1.39. The van der Waals surface area contributed by atoms with Crippen LogP contribution in [-0.2, 0) is 0 Å². The molecule has 0 aliphatic carbocycles. The second-order valence-corrected chi connectivity index (χ2v) is 5.93. The molecule has 0 aromatic carbocycles. The number of hydrogen-bond donors (Lipinski definition) is 1. The van der Waals surface area contributed by atoms with E-state index in [1.807, 2.05) is 11.8 Å². The van der Waals surface area contributed by atoms with Gasteiger partial charge in [0.05, 0.1) is 0 Å². The second kappa shape index (κ2) is 6.58. The fourth-order valence-corrected chi connectivity index (χ4v) is 2.99. The van der Waals surface area contributed by atoms with Crippen molar-refractivity contribution in [3.8, 4) is 0 Å². The molecule has 1 aliphatic heterocycles. The molecule has 118 valence electrons. The summed E-state index contributed by atoms with van der Waals surface area (Å²) in [4.78, 5) is 6.15. The molecule has 0 unspecified atom stereocenters. The molecule has 0 radical (unpaired) electrons. The van der Waals surface area contributed by atoms with Crippen LogP contribution in [0.4, 0.5) is 20.4 Å². The first-order valence-corrected chi connectivity index (χ1v) is 7.90. The van der Waals surface area contributed by atoms with Gasteiger partial charge >= 0.3 is 0 Å². The lowest BCUT2D eigenvalue weighted by Gasteiger charge is -2.27. The van der Waals surface area contributed by atoms with Crippen molar-refractivity contribution in [3.63, 3.8) is 0 Å². The predicted octanol–water partition coefficient (Wildman–Crippen LogP) is 4.20. The van der Waals surface area contributed by atoms with Crippen molar-refractivity contribution in [2.45, 2.75) is 46.5 Å². The summed E-state index contributed by atoms with van der Waals surface area (Å²) in [6.07, 6.45) is 4.05. The first kappa shape index (κ1) is 16.0. The smallest absolute Gasteiger partial charge is 0.168 e. The maximum atomic E-state index is 14.1. The minimum atomic E-state index is -0.624. The molecule has 5 heteroatoms. The average Bonchev–Trinajstić information content (AvgIpc) is 2.91. The Balaban J connectivity index is 2.24. The summed E-state index contributed by atoms with van der Waals surface area (Å²) < 4.78 is 27.8. The topological polar surface area (TPSA) is 28.2 Å². The highest BCUT2D eigenvalue weighted by Gasteiger charge is 2.36. The summed E-state index contributed by atoms with van der Waals surface area (Å²) in [5.41, 5.74) is 0.236. The van der Waals surface area contributed by atoms with Crippen molar-refractivity contribution in [1.82, 2.24) is 4.98 Å². The molecule has 1 aromatic rings. The summed E-state index contributed by atoms with van der Waals surface area (Å²) in [6, 6.07) is 0.943. The number of pyridine rings is 1. The normalized spacial score (nSPS) is 17.3. The number of nitrogens with one attached hydrogen (secondary N) is 1. The second-order valence-electron chi connectivity index (χ2n) is 5.93. The lowest BCUT2D eigenvalue weighted by molar-refractivity contribution is 0.301. The lowest BCUT2D eigenvalue weighted by atomic mass is 9.82. The summed E-state index contributed by atoms with van der Waals surface area (Å²) in [7, 11) is 0. The molecule has 0 amide bonds. The third-order valence-corrected chi connectivity index (χ3v) is 4.69. The molecule has 2 rings (SSSR count). The van der Waals surface area contributed by atoms with Gasteiger partial charge in [0.1, 0.15) is 0 Å². The summed E-state index contributed by atoms with van der Waals surface area (Å²) in [5, 5.41) is 2.92. The Morgan fingerprint density at radius 2 is 1.95 bits per heavy atom. The van der Waals surface area contributed by atoms with Crippen LogP contribution in [0.1, 0.15) is 46.5 Å². The number of rotatable bonds is 6. The molecule has 1 saturated heterocycles. The predicted molar refractivity (Wildman–Crippen MR) is 82.8 cm³/mol. The van der Waals surface area contributed by atoms with E-state index < -0.39 is 11.6 Å². The average molecular weight is 297 g/mol. The van der Waals surface area contributed by atoms with Crippen LogP contribution in [0.25, 0.3) is 0 Å². The number of anilines is 2. The van der Waals surface area contributed by atoms with Gasteiger partial charge in [0, 0.05) is 25.7 Å². The van der Waals surface area contributed by atoms with Crippen LogP contribution in [0.15, 0.2) is 6.07 Å². The standard InChI is InChI=1S/C16H25F2N3/c1-4-8-19-14-12(17)10-13(18)15(20-14)21-9-7-16(5-2,6-3)11-21/h10H,4-9,11H2,1-3H3,(H,19,20). The van der Waals surface area contributed by atoms with E-state index >= 15 is 0 Å². The molecule has 1 aliphatic rings. The third-order valence-electron chi connectivity index (χ3n) is 4.69. The first-order chi connectivity index (χ1) is 10.0. The Bertz CT molecular complexity index is 487. The molecular weight excluding hydrogens is 272 g/mol. The zero-order valence-electron chi connectivity index (χ0n) is 13.2. The van der Waals surface area contributed by atoms with Crippen LogP contribution in [0.2, 0.25) is 0 Å². The van der Waals surface area contributed by atoms with Crippen molar-refractivity contribution in [2.75, 3.05) is 29.9 Å². The molecule has 2 heterocycles. The number of nitrogens with zero attached hydrogens (tertiary/aromatic N) is 2. The van der Waals surface area contributed by atoms with Gasteiger partial charge in [-0.25, -0.2) is 13.8 Å². The molecule has 1 N–H and O–H groups in total. The van der Waals surface area contributed by atoms with E-state index in [1.54, 1.807) is 0 Å². The lowest BCUT2D eigenvalue weighted by Crippen LogP contribution is -2.27. The minimum Gasteiger partial charge on any atom is -0.368 e. The van der Waals surface area contributed by atoms with Crippen molar-refractivity contribution < 1.29 is 8.78 Å². The molecule has 3 nitrogen and oxygen atoms in total. The van der Waals surface area contributed by atoms with Gasteiger partial charge in [-0.2, -0.15) is 0 Å². The fourth-order valence-electron chi connectivity index (χ4n) is 2.99. The van der Waals surface area contributed by atoms with E-state index in [0.29, 0.717) is 6.54 Å². The Morgan fingerprint density at radius 3 is 2.52 bits per heavy atom. The van der Waals surface area contributed by atoms with Gasteiger partial charge in [0.25, 0.3) is 0 Å².